The highest BCUT2D eigenvalue weighted by Crippen LogP contribution is 2.10. The summed E-state index contributed by atoms with van der Waals surface area (Å²) < 4.78 is 0. The van der Waals surface area contributed by atoms with Gasteiger partial charge in [-0.2, -0.15) is 0 Å². The van der Waals surface area contributed by atoms with Gasteiger partial charge in [0.05, 0.1) is 0 Å². The van der Waals surface area contributed by atoms with Crippen molar-refractivity contribution < 1.29 is 0 Å². The Bertz CT molecular complexity index is 149. The topological polar surface area (TPSA) is 42.4 Å². The van der Waals surface area contributed by atoms with Crippen LogP contribution in [0.15, 0.2) is 0 Å². The molecular formula is C7H16N4. The van der Waals surface area contributed by atoms with Crippen LogP contribution in [0.4, 0.5) is 0 Å². The van der Waals surface area contributed by atoms with Crippen molar-refractivity contribution in [3.8, 4) is 0 Å². The minimum absolute atomic E-state index is 0.531. The first-order chi connectivity index (χ1) is 5.15. The van der Waals surface area contributed by atoms with Crippen molar-refractivity contribution >= 4 is 5.96 Å². The molecule has 1 saturated heterocycles. The van der Waals surface area contributed by atoms with Gasteiger partial charge in [-0.3, -0.25) is 5.41 Å². The van der Waals surface area contributed by atoms with Crippen molar-refractivity contribution in [2.45, 2.75) is 6.04 Å². The lowest BCUT2D eigenvalue weighted by Gasteiger charge is -2.43. The van der Waals surface area contributed by atoms with Crippen LogP contribution >= 0.6 is 0 Å². The molecule has 0 spiro atoms. The van der Waals surface area contributed by atoms with E-state index in [1.807, 2.05) is 4.90 Å². The molecule has 0 bridgehead atoms. The van der Waals surface area contributed by atoms with Gasteiger partial charge >= 0.3 is 0 Å². The molecule has 0 aromatic rings. The third-order valence-electron chi connectivity index (χ3n) is 2.15. The summed E-state index contributed by atoms with van der Waals surface area (Å²) in [6.07, 6.45) is 0. The zero-order chi connectivity index (χ0) is 8.43. The molecule has 1 aliphatic rings. The van der Waals surface area contributed by atoms with Crippen LogP contribution < -0.4 is 5.32 Å². The smallest absolute Gasteiger partial charge is 0.190 e. The Morgan fingerprint density at radius 1 is 1.55 bits per heavy atom. The third kappa shape index (κ3) is 1.63. The number of likely N-dealkylation sites (N-methyl/N-ethyl adjacent to an activating group) is 1. The van der Waals surface area contributed by atoms with Gasteiger partial charge in [-0.05, 0) is 14.1 Å². The molecule has 0 aliphatic carbocycles. The van der Waals surface area contributed by atoms with E-state index >= 15 is 0 Å². The van der Waals surface area contributed by atoms with E-state index in [1.54, 1.807) is 7.05 Å². The van der Waals surface area contributed by atoms with Crippen molar-refractivity contribution in [2.24, 2.45) is 0 Å². The van der Waals surface area contributed by atoms with Gasteiger partial charge in [0.1, 0.15) is 0 Å². The first-order valence-electron chi connectivity index (χ1n) is 3.83. The molecule has 11 heavy (non-hydrogen) atoms. The van der Waals surface area contributed by atoms with Crippen LogP contribution in [0.25, 0.3) is 0 Å². The zero-order valence-corrected chi connectivity index (χ0v) is 7.39. The predicted molar refractivity (Wildman–Crippen MR) is 45.8 cm³/mol. The maximum Gasteiger partial charge on any atom is 0.190 e. The molecule has 0 amide bonds. The van der Waals surface area contributed by atoms with Gasteiger partial charge in [0.15, 0.2) is 5.96 Å². The van der Waals surface area contributed by atoms with Crippen molar-refractivity contribution in [2.75, 3.05) is 34.2 Å². The van der Waals surface area contributed by atoms with E-state index in [1.165, 1.54) is 0 Å². The summed E-state index contributed by atoms with van der Waals surface area (Å²) in [6, 6.07) is 0.628. The Kier molecular flexibility index (Phi) is 2.34. The van der Waals surface area contributed by atoms with Crippen molar-refractivity contribution in [3.63, 3.8) is 0 Å². The summed E-state index contributed by atoms with van der Waals surface area (Å²) in [6.45, 7) is 1.96. The fraction of sp³-hybridized carbons (Fsp3) is 0.857. The van der Waals surface area contributed by atoms with Gasteiger partial charge in [0.2, 0.25) is 0 Å². The normalized spacial score (nSPS) is 18.4. The third-order valence-corrected chi connectivity index (χ3v) is 2.15. The molecule has 0 radical (unpaired) electrons. The Labute approximate surface area is 67.7 Å². The van der Waals surface area contributed by atoms with E-state index in [0.717, 1.165) is 13.1 Å². The molecule has 0 aromatic carbocycles. The van der Waals surface area contributed by atoms with E-state index in [-0.39, 0.29) is 0 Å². The van der Waals surface area contributed by atoms with E-state index < -0.39 is 0 Å². The summed E-state index contributed by atoms with van der Waals surface area (Å²) in [7, 11) is 5.93. The highest BCUT2D eigenvalue weighted by atomic mass is 15.4. The second kappa shape index (κ2) is 3.09. The summed E-state index contributed by atoms with van der Waals surface area (Å²) in [5.41, 5.74) is 0. The number of nitrogens with zero attached hydrogens (tertiary/aromatic N) is 2. The minimum atomic E-state index is 0.531. The van der Waals surface area contributed by atoms with Crippen LogP contribution in [0.5, 0.6) is 0 Å². The molecule has 1 rings (SSSR count). The Morgan fingerprint density at radius 2 is 2.09 bits per heavy atom. The summed E-state index contributed by atoms with van der Waals surface area (Å²) in [5, 5.41) is 10.2. The molecule has 1 heterocycles. The quantitative estimate of drug-likeness (QED) is 0.393. The molecule has 0 aromatic heterocycles. The number of hydrogen-bond donors (Lipinski definition) is 2. The molecule has 64 valence electrons. The lowest BCUT2D eigenvalue weighted by molar-refractivity contribution is 0.120. The lowest BCUT2D eigenvalue weighted by Crippen LogP contribution is -2.61. The second-order valence-corrected chi connectivity index (χ2v) is 3.12. The number of guanidine groups is 1. The first kappa shape index (κ1) is 8.33. The summed E-state index contributed by atoms with van der Waals surface area (Å²) in [4.78, 5) is 4.21. The fourth-order valence-corrected chi connectivity index (χ4v) is 1.12. The zero-order valence-electron chi connectivity index (χ0n) is 7.39. The maximum atomic E-state index is 7.42. The van der Waals surface area contributed by atoms with Crippen LogP contribution in [0.3, 0.4) is 0 Å². The molecule has 4 nitrogen and oxygen atoms in total. The van der Waals surface area contributed by atoms with Crippen molar-refractivity contribution in [1.29, 1.82) is 5.41 Å². The van der Waals surface area contributed by atoms with Gasteiger partial charge in [-0.25, -0.2) is 0 Å². The van der Waals surface area contributed by atoms with Gasteiger partial charge in [-0.15, -0.1) is 0 Å². The maximum absolute atomic E-state index is 7.42. The fourth-order valence-electron chi connectivity index (χ4n) is 1.12. The average Bonchev–Trinajstić information content (AvgIpc) is 1.83. The van der Waals surface area contributed by atoms with E-state index in [0.29, 0.717) is 12.0 Å². The molecule has 4 heteroatoms. The summed E-state index contributed by atoms with van der Waals surface area (Å²) in [5.74, 6) is 0.531. The van der Waals surface area contributed by atoms with E-state index in [9.17, 15) is 0 Å². The first-order valence-corrected chi connectivity index (χ1v) is 3.83. The SMILES string of the molecule is CNC(=N)N1CC(N(C)C)C1. The molecule has 1 fully saturated rings. The Balaban J connectivity index is 2.24. The van der Waals surface area contributed by atoms with Crippen LogP contribution in [0, 0.1) is 5.41 Å². The van der Waals surface area contributed by atoms with Crippen molar-refractivity contribution in [1.82, 2.24) is 15.1 Å². The van der Waals surface area contributed by atoms with E-state index in [4.69, 9.17) is 5.41 Å². The molecule has 0 atom stereocenters. The number of likely N-dealkylation sites (tertiary alicyclic amines) is 1. The number of nitrogens with one attached hydrogen (secondary N) is 2. The monoisotopic (exact) mass is 156 g/mol. The van der Waals surface area contributed by atoms with Crippen LogP contribution in [-0.4, -0.2) is 56.0 Å². The average molecular weight is 156 g/mol. The number of hydrogen-bond acceptors (Lipinski definition) is 2. The molecular weight excluding hydrogens is 140 g/mol. The Hall–Kier alpha value is -0.770. The molecule has 1 aliphatic heterocycles. The molecule has 0 saturated carbocycles. The summed E-state index contributed by atoms with van der Waals surface area (Å²) >= 11 is 0. The molecule has 0 unspecified atom stereocenters. The lowest BCUT2D eigenvalue weighted by atomic mass is 10.1. The van der Waals surface area contributed by atoms with Gasteiger partial charge in [-0.1, -0.05) is 0 Å². The van der Waals surface area contributed by atoms with Gasteiger partial charge < -0.3 is 15.1 Å². The Morgan fingerprint density at radius 3 is 2.45 bits per heavy atom. The minimum Gasteiger partial charge on any atom is -0.359 e. The van der Waals surface area contributed by atoms with Crippen LogP contribution in [-0.2, 0) is 0 Å². The van der Waals surface area contributed by atoms with Crippen LogP contribution in [0.2, 0.25) is 0 Å². The van der Waals surface area contributed by atoms with Crippen LogP contribution in [0.1, 0.15) is 0 Å². The van der Waals surface area contributed by atoms with Gasteiger partial charge in [0, 0.05) is 26.2 Å². The van der Waals surface area contributed by atoms with Crippen molar-refractivity contribution in [3.05, 3.63) is 0 Å². The van der Waals surface area contributed by atoms with E-state index in [2.05, 4.69) is 24.3 Å². The second-order valence-electron chi connectivity index (χ2n) is 3.12. The van der Waals surface area contributed by atoms with Gasteiger partial charge in [0.25, 0.3) is 0 Å². The highest BCUT2D eigenvalue weighted by molar-refractivity contribution is 5.77. The number of rotatable bonds is 1. The standard InChI is InChI=1S/C7H16N4/c1-9-7(8)11-4-6(5-11)10(2)3/h6H,4-5H2,1-3H3,(H2,8,9). The molecule has 2 N–H and O–H groups in total. The largest absolute Gasteiger partial charge is 0.359 e. The highest BCUT2D eigenvalue weighted by Gasteiger charge is 2.29. The predicted octanol–water partition coefficient (Wildman–Crippen LogP) is -0.614.